The van der Waals surface area contributed by atoms with Crippen LogP contribution in [-0.4, -0.2) is 16.7 Å². The minimum absolute atomic E-state index is 0.868. The second-order valence-corrected chi connectivity index (χ2v) is 4.78. The molecular formula is C18H18N2O. The van der Waals surface area contributed by atoms with E-state index in [4.69, 9.17) is 4.74 Å². The Balaban J connectivity index is 2.03. The molecule has 3 nitrogen and oxygen atoms in total. The molecular weight excluding hydrogens is 260 g/mol. The smallest absolute Gasteiger partial charge is 0.133 e. The minimum atomic E-state index is 0.868. The molecule has 3 aromatic rings. The van der Waals surface area contributed by atoms with Crippen LogP contribution in [0.15, 0.2) is 48.5 Å². The SMILES string of the molecule is CCn1c(/C=C/c2ccccc2OC)nc2ccccc21. The predicted octanol–water partition coefficient (Wildman–Crippen LogP) is 4.24. The maximum Gasteiger partial charge on any atom is 0.133 e. The van der Waals surface area contributed by atoms with Crippen LogP contribution in [0.5, 0.6) is 5.75 Å². The third-order valence-electron chi connectivity index (χ3n) is 3.55. The molecule has 0 saturated carbocycles. The van der Waals surface area contributed by atoms with E-state index in [1.165, 1.54) is 5.52 Å². The van der Waals surface area contributed by atoms with Gasteiger partial charge in [-0.15, -0.1) is 0 Å². The second-order valence-electron chi connectivity index (χ2n) is 4.78. The van der Waals surface area contributed by atoms with E-state index in [-0.39, 0.29) is 0 Å². The van der Waals surface area contributed by atoms with Crippen molar-refractivity contribution in [3.05, 3.63) is 59.9 Å². The molecule has 0 atom stereocenters. The van der Waals surface area contributed by atoms with Gasteiger partial charge in [-0.25, -0.2) is 4.98 Å². The molecule has 0 radical (unpaired) electrons. The molecule has 3 heteroatoms. The minimum Gasteiger partial charge on any atom is -0.496 e. The van der Waals surface area contributed by atoms with Crippen molar-refractivity contribution in [2.45, 2.75) is 13.5 Å². The van der Waals surface area contributed by atoms with Gasteiger partial charge in [-0.3, -0.25) is 0 Å². The molecule has 1 heterocycles. The lowest BCUT2D eigenvalue weighted by molar-refractivity contribution is 0.414. The molecule has 2 aromatic carbocycles. The van der Waals surface area contributed by atoms with Gasteiger partial charge in [0.15, 0.2) is 0 Å². The molecule has 0 fully saturated rings. The normalized spacial score (nSPS) is 11.3. The Bertz CT molecular complexity index is 787. The van der Waals surface area contributed by atoms with Gasteiger partial charge < -0.3 is 9.30 Å². The van der Waals surface area contributed by atoms with E-state index in [2.05, 4.69) is 22.5 Å². The molecule has 0 spiro atoms. The Morgan fingerprint density at radius 3 is 2.62 bits per heavy atom. The van der Waals surface area contributed by atoms with Crippen molar-refractivity contribution in [3.8, 4) is 5.75 Å². The van der Waals surface area contributed by atoms with Gasteiger partial charge in [0, 0.05) is 12.1 Å². The third-order valence-corrected chi connectivity index (χ3v) is 3.55. The zero-order valence-corrected chi connectivity index (χ0v) is 12.3. The Kier molecular flexibility index (Phi) is 3.73. The molecule has 3 rings (SSSR count). The number of aromatic nitrogens is 2. The number of fused-ring (bicyclic) bond motifs is 1. The van der Waals surface area contributed by atoms with Crippen LogP contribution in [0, 0.1) is 0 Å². The Morgan fingerprint density at radius 1 is 1.05 bits per heavy atom. The Labute approximate surface area is 124 Å². The first-order valence-electron chi connectivity index (χ1n) is 7.10. The summed E-state index contributed by atoms with van der Waals surface area (Å²) in [7, 11) is 1.69. The number of ether oxygens (including phenoxy) is 1. The fraction of sp³-hybridized carbons (Fsp3) is 0.167. The van der Waals surface area contributed by atoms with Crippen molar-refractivity contribution in [2.75, 3.05) is 7.11 Å². The van der Waals surface area contributed by atoms with Crippen LogP contribution in [0.1, 0.15) is 18.3 Å². The molecule has 0 aliphatic carbocycles. The summed E-state index contributed by atoms with van der Waals surface area (Å²) in [6, 6.07) is 16.2. The highest BCUT2D eigenvalue weighted by molar-refractivity contribution is 5.80. The van der Waals surface area contributed by atoms with E-state index in [0.717, 1.165) is 29.2 Å². The van der Waals surface area contributed by atoms with Gasteiger partial charge in [-0.2, -0.15) is 0 Å². The van der Waals surface area contributed by atoms with Gasteiger partial charge in [0.25, 0.3) is 0 Å². The van der Waals surface area contributed by atoms with Gasteiger partial charge in [0.2, 0.25) is 0 Å². The number of hydrogen-bond donors (Lipinski definition) is 0. The molecule has 0 bridgehead atoms. The third kappa shape index (κ3) is 2.55. The highest BCUT2D eigenvalue weighted by Crippen LogP contribution is 2.21. The molecule has 0 unspecified atom stereocenters. The summed E-state index contributed by atoms with van der Waals surface area (Å²) in [6.45, 7) is 3.03. The van der Waals surface area contributed by atoms with Crippen LogP contribution in [0.25, 0.3) is 23.2 Å². The van der Waals surface area contributed by atoms with Crippen LogP contribution in [0.3, 0.4) is 0 Å². The number of rotatable bonds is 4. The van der Waals surface area contributed by atoms with Crippen LogP contribution >= 0.6 is 0 Å². The highest BCUT2D eigenvalue weighted by atomic mass is 16.5. The topological polar surface area (TPSA) is 27.1 Å². The summed E-state index contributed by atoms with van der Waals surface area (Å²) in [5, 5.41) is 0. The summed E-state index contributed by atoms with van der Waals surface area (Å²) < 4.78 is 7.58. The molecule has 0 N–H and O–H groups in total. The molecule has 0 saturated heterocycles. The Morgan fingerprint density at radius 2 is 1.81 bits per heavy atom. The zero-order valence-electron chi connectivity index (χ0n) is 12.3. The molecule has 1 aromatic heterocycles. The van der Waals surface area contributed by atoms with Gasteiger partial charge in [0.1, 0.15) is 11.6 Å². The van der Waals surface area contributed by atoms with E-state index >= 15 is 0 Å². The molecule has 0 aliphatic heterocycles. The van der Waals surface area contributed by atoms with Gasteiger partial charge in [0.05, 0.1) is 18.1 Å². The van der Waals surface area contributed by atoms with Crippen molar-refractivity contribution < 1.29 is 4.74 Å². The van der Waals surface area contributed by atoms with E-state index in [9.17, 15) is 0 Å². The number of nitrogens with zero attached hydrogens (tertiary/aromatic N) is 2. The summed E-state index contributed by atoms with van der Waals surface area (Å²) in [5.41, 5.74) is 3.24. The summed E-state index contributed by atoms with van der Waals surface area (Å²) in [4.78, 5) is 4.69. The number of aryl methyl sites for hydroxylation is 1. The first-order valence-corrected chi connectivity index (χ1v) is 7.10. The van der Waals surface area contributed by atoms with Crippen molar-refractivity contribution in [1.29, 1.82) is 0 Å². The number of methoxy groups -OCH3 is 1. The van der Waals surface area contributed by atoms with Crippen LogP contribution in [-0.2, 0) is 6.54 Å². The van der Waals surface area contributed by atoms with E-state index < -0.39 is 0 Å². The average Bonchev–Trinajstić information content (AvgIpc) is 2.90. The van der Waals surface area contributed by atoms with Crippen LogP contribution in [0.4, 0.5) is 0 Å². The highest BCUT2D eigenvalue weighted by Gasteiger charge is 2.06. The summed E-state index contributed by atoms with van der Waals surface area (Å²) in [5.74, 6) is 1.83. The molecule has 0 aliphatic rings. The maximum absolute atomic E-state index is 5.37. The Hall–Kier alpha value is -2.55. The number of para-hydroxylation sites is 3. The largest absolute Gasteiger partial charge is 0.496 e. The van der Waals surface area contributed by atoms with E-state index in [1.807, 2.05) is 54.6 Å². The molecule has 21 heavy (non-hydrogen) atoms. The van der Waals surface area contributed by atoms with Crippen LogP contribution < -0.4 is 4.74 Å². The van der Waals surface area contributed by atoms with Crippen molar-refractivity contribution >= 4 is 23.2 Å². The van der Waals surface area contributed by atoms with Gasteiger partial charge >= 0.3 is 0 Å². The average molecular weight is 278 g/mol. The lowest BCUT2D eigenvalue weighted by Crippen LogP contribution is -1.96. The summed E-state index contributed by atoms with van der Waals surface area (Å²) in [6.07, 6.45) is 4.09. The summed E-state index contributed by atoms with van der Waals surface area (Å²) >= 11 is 0. The second kappa shape index (κ2) is 5.83. The monoisotopic (exact) mass is 278 g/mol. The van der Waals surface area contributed by atoms with Crippen molar-refractivity contribution in [3.63, 3.8) is 0 Å². The number of imidazole rings is 1. The van der Waals surface area contributed by atoms with Gasteiger partial charge in [-0.1, -0.05) is 30.3 Å². The van der Waals surface area contributed by atoms with Gasteiger partial charge in [-0.05, 0) is 37.3 Å². The lowest BCUT2D eigenvalue weighted by Gasteiger charge is -2.04. The standard InChI is InChI=1S/C18H18N2O/c1-3-20-16-10-6-5-9-15(16)19-18(20)13-12-14-8-4-7-11-17(14)21-2/h4-13H,3H2,1-2H3/b13-12+. The first kappa shape index (κ1) is 13.4. The fourth-order valence-electron chi connectivity index (χ4n) is 2.52. The predicted molar refractivity (Wildman–Crippen MR) is 87.3 cm³/mol. The number of hydrogen-bond acceptors (Lipinski definition) is 2. The zero-order chi connectivity index (χ0) is 14.7. The fourth-order valence-corrected chi connectivity index (χ4v) is 2.52. The maximum atomic E-state index is 5.37. The molecule has 106 valence electrons. The lowest BCUT2D eigenvalue weighted by atomic mass is 10.2. The van der Waals surface area contributed by atoms with Crippen LogP contribution in [0.2, 0.25) is 0 Å². The quantitative estimate of drug-likeness (QED) is 0.714. The number of benzene rings is 2. The van der Waals surface area contributed by atoms with E-state index in [1.54, 1.807) is 7.11 Å². The van der Waals surface area contributed by atoms with E-state index in [0.29, 0.717) is 0 Å². The van der Waals surface area contributed by atoms with Crippen molar-refractivity contribution in [1.82, 2.24) is 9.55 Å². The molecule has 0 amide bonds. The van der Waals surface area contributed by atoms with Crippen molar-refractivity contribution in [2.24, 2.45) is 0 Å². The first-order chi connectivity index (χ1) is 10.3.